The van der Waals surface area contributed by atoms with Gasteiger partial charge in [-0.05, 0) is 48.6 Å². The van der Waals surface area contributed by atoms with Crippen molar-refractivity contribution in [3.8, 4) is 0 Å². The Morgan fingerprint density at radius 3 is 2.72 bits per heavy atom. The maximum atomic E-state index is 12.2. The highest BCUT2D eigenvalue weighted by atomic mass is 79.9. The normalized spacial score (nSPS) is 13.5. The number of ether oxygens (including phenoxy) is 1. The molecule has 1 heterocycles. The molecule has 0 saturated carbocycles. The van der Waals surface area contributed by atoms with Crippen LogP contribution in [0.4, 0.5) is 5.69 Å². The molecule has 1 aliphatic heterocycles. The average molecular weight is 402 g/mol. The van der Waals surface area contributed by atoms with Crippen LogP contribution in [0.25, 0.3) is 0 Å². The molecule has 2 aromatic rings. The molecule has 0 unspecified atom stereocenters. The quantitative estimate of drug-likeness (QED) is 0.544. The SMILES string of the molecule is O=C(CN1C(=O)CCc2cc(Br)ccc21)OCCCc1ccccc1. The van der Waals surface area contributed by atoms with Crippen LogP contribution in [0.2, 0.25) is 0 Å². The van der Waals surface area contributed by atoms with E-state index in [1.54, 1.807) is 0 Å². The third-order valence-electron chi connectivity index (χ3n) is 4.24. The van der Waals surface area contributed by atoms with Crippen LogP contribution in [-0.2, 0) is 27.2 Å². The van der Waals surface area contributed by atoms with Gasteiger partial charge in [0.05, 0.1) is 6.61 Å². The van der Waals surface area contributed by atoms with Crippen molar-refractivity contribution in [2.24, 2.45) is 0 Å². The molecule has 4 nitrogen and oxygen atoms in total. The molecule has 0 aromatic heterocycles. The first-order chi connectivity index (χ1) is 12.1. The summed E-state index contributed by atoms with van der Waals surface area (Å²) in [5.74, 6) is -0.395. The molecule has 0 bridgehead atoms. The van der Waals surface area contributed by atoms with Crippen molar-refractivity contribution < 1.29 is 14.3 Å². The number of carbonyl (C=O) groups is 2. The van der Waals surface area contributed by atoms with Gasteiger partial charge in [-0.3, -0.25) is 9.59 Å². The summed E-state index contributed by atoms with van der Waals surface area (Å²) < 4.78 is 6.29. The minimum atomic E-state index is -0.364. The zero-order valence-corrected chi connectivity index (χ0v) is 15.5. The number of nitrogens with zero attached hydrogens (tertiary/aromatic N) is 1. The molecule has 3 rings (SSSR count). The Labute approximate surface area is 155 Å². The van der Waals surface area contributed by atoms with Gasteiger partial charge in [-0.1, -0.05) is 46.3 Å². The van der Waals surface area contributed by atoms with Gasteiger partial charge in [0.15, 0.2) is 0 Å². The van der Waals surface area contributed by atoms with Gasteiger partial charge in [-0.25, -0.2) is 0 Å². The first-order valence-electron chi connectivity index (χ1n) is 8.42. The zero-order valence-electron chi connectivity index (χ0n) is 13.9. The van der Waals surface area contributed by atoms with Gasteiger partial charge >= 0.3 is 5.97 Å². The smallest absolute Gasteiger partial charge is 0.326 e. The molecule has 1 amide bonds. The van der Waals surface area contributed by atoms with E-state index in [4.69, 9.17) is 4.74 Å². The number of hydrogen-bond donors (Lipinski definition) is 0. The van der Waals surface area contributed by atoms with Gasteiger partial charge in [0.2, 0.25) is 5.91 Å². The summed E-state index contributed by atoms with van der Waals surface area (Å²) >= 11 is 3.44. The number of anilines is 1. The maximum absolute atomic E-state index is 12.2. The molecule has 0 aliphatic carbocycles. The molecule has 2 aromatic carbocycles. The van der Waals surface area contributed by atoms with Crippen LogP contribution in [-0.4, -0.2) is 25.0 Å². The Morgan fingerprint density at radius 2 is 1.92 bits per heavy atom. The van der Waals surface area contributed by atoms with Crippen LogP contribution in [0.1, 0.15) is 24.0 Å². The predicted molar refractivity (Wildman–Crippen MR) is 101 cm³/mol. The molecule has 5 heteroatoms. The highest BCUT2D eigenvalue weighted by Crippen LogP contribution is 2.30. The van der Waals surface area contributed by atoms with Crippen molar-refractivity contribution in [3.05, 3.63) is 64.1 Å². The van der Waals surface area contributed by atoms with Crippen LogP contribution < -0.4 is 4.90 Å². The number of esters is 1. The van der Waals surface area contributed by atoms with E-state index in [2.05, 4.69) is 28.1 Å². The van der Waals surface area contributed by atoms with E-state index in [0.29, 0.717) is 19.4 Å². The molecule has 1 aliphatic rings. The largest absolute Gasteiger partial charge is 0.464 e. The fourth-order valence-electron chi connectivity index (χ4n) is 2.98. The van der Waals surface area contributed by atoms with E-state index in [-0.39, 0.29) is 18.4 Å². The Hall–Kier alpha value is -2.14. The molecule has 0 N–H and O–H groups in total. The predicted octanol–water partition coefficient (Wildman–Crippen LogP) is 3.90. The molecular formula is C20H20BrNO3. The van der Waals surface area contributed by atoms with Gasteiger partial charge in [-0.2, -0.15) is 0 Å². The molecule has 0 radical (unpaired) electrons. The Balaban J connectivity index is 1.52. The summed E-state index contributed by atoms with van der Waals surface area (Å²) in [6, 6.07) is 15.9. The molecule has 0 fully saturated rings. The molecule has 0 saturated heterocycles. The lowest BCUT2D eigenvalue weighted by molar-refractivity contribution is -0.143. The monoisotopic (exact) mass is 401 g/mol. The topological polar surface area (TPSA) is 46.6 Å². The molecule has 0 atom stereocenters. The maximum Gasteiger partial charge on any atom is 0.326 e. The van der Waals surface area contributed by atoms with Crippen LogP contribution >= 0.6 is 15.9 Å². The van der Waals surface area contributed by atoms with Gasteiger partial charge in [0, 0.05) is 16.6 Å². The summed E-state index contributed by atoms with van der Waals surface area (Å²) in [4.78, 5) is 25.9. The van der Waals surface area contributed by atoms with E-state index in [1.165, 1.54) is 10.5 Å². The van der Waals surface area contributed by atoms with Gasteiger partial charge in [0.25, 0.3) is 0 Å². The van der Waals surface area contributed by atoms with Crippen LogP contribution in [0, 0.1) is 0 Å². The second kappa shape index (κ2) is 8.30. The summed E-state index contributed by atoms with van der Waals surface area (Å²) in [6.07, 6.45) is 2.77. The van der Waals surface area contributed by atoms with Gasteiger partial charge in [0.1, 0.15) is 6.54 Å². The van der Waals surface area contributed by atoms with E-state index in [9.17, 15) is 9.59 Å². The first-order valence-corrected chi connectivity index (χ1v) is 9.21. The Kier molecular flexibility index (Phi) is 5.87. The lowest BCUT2D eigenvalue weighted by atomic mass is 10.0. The first kappa shape index (κ1) is 17.7. The van der Waals surface area contributed by atoms with Crippen molar-refractivity contribution in [2.45, 2.75) is 25.7 Å². The molecule has 130 valence electrons. The third kappa shape index (κ3) is 4.69. The molecule has 0 spiro atoms. The van der Waals surface area contributed by atoms with Crippen molar-refractivity contribution in [1.82, 2.24) is 0 Å². The number of halogens is 1. The number of fused-ring (bicyclic) bond motifs is 1. The molecular weight excluding hydrogens is 382 g/mol. The lowest BCUT2D eigenvalue weighted by Gasteiger charge is -2.28. The van der Waals surface area contributed by atoms with Gasteiger partial charge in [-0.15, -0.1) is 0 Å². The van der Waals surface area contributed by atoms with Crippen molar-refractivity contribution in [2.75, 3.05) is 18.1 Å². The number of benzene rings is 2. The van der Waals surface area contributed by atoms with E-state index >= 15 is 0 Å². The van der Waals surface area contributed by atoms with Crippen molar-refractivity contribution in [3.63, 3.8) is 0 Å². The van der Waals surface area contributed by atoms with Crippen LogP contribution in [0.3, 0.4) is 0 Å². The summed E-state index contributed by atoms with van der Waals surface area (Å²) in [5.41, 5.74) is 3.11. The number of aryl methyl sites for hydroxylation is 2. The lowest BCUT2D eigenvalue weighted by Crippen LogP contribution is -2.39. The number of rotatable bonds is 6. The highest BCUT2D eigenvalue weighted by Gasteiger charge is 2.26. The van der Waals surface area contributed by atoms with Crippen molar-refractivity contribution >= 4 is 33.5 Å². The highest BCUT2D eigenvalue weighted by molar-refractivity contribution is 9.10. The van der Waals surface area contributed by atoms with Crippen molar-refractivity contribution in [1.29, 1.82) is 0 Å². The van der Waals surface area contributed by atoms with E-state index in [1.807, 2.05) is 36.4 Å². The minimum absolute atomic E-state index is 0.0290. The molecule has 25 heavy (non-hydrogen) atoms. The number of carbonyl (C=O) groups excluding carboxylic acids is 2. The second-order valence-electron chi connectivity index (χ2n) is 6.06. The second-order valence-corrected chi connectivity index (χ2v) is 6.98. The Bertz CT molecular complexity index is 761. The minimum Gasteiger partial charge on any atom is -0.464 e. The van der Waals surface area contributed by atoms with E-state index in [0.717, 1.165) is 28.6 Å². The third-order valence-corrected chi connectivity index (χ3v) is 4.74. The average Bonchev–Trinajstić information content (AvgIpc) is 2.62. The summed E-state index contributed by atoms with van der Waals surface area (Å²) in [5, 5.41) is 0. The number of hydrogen-bond acceptors (Lipinski definition) is 3. The Morgan fingerprint density at radius 1 is 1.12 bits per heavy atom. The standard InChI is InChI=1S/C20H20BrNO3/c21-17-9-10-18-16(13-17)8-11-19(23)22(18)14-20(24)25-12-4-7-15-5-2-1-3-6-15/h1-3,5-6,9-10,13H,4,7-8,11-12,14H2. The fraction of sp³-hybridized carbons (Fsp3) is 0.300. The summed E-state index contributed by atoms with van der Waals surface area (Å²) in [6.45, 7) is 0.335. The zero-order chi connectivity index (χ0) is 17.6. The fourth-order valence-corrected chi connectivity index (χ4v) is 3.39. The summed E-state index contributed by atoms with van der Waals surface area (Å²) in [7, 11) is 0. The van der Waals surface area contributed by atoms with Gasteiger partial charge < -0.3 is 9.64 Å². The van der Waals surface area contributed by atoms with E-state index < -0.39 is 0 Å². The van der Waals surface area contributed by atoms with Crippen LogP contribution in [0.15, 0.2) is 53.0 Å². The number of amides is 1. The van der Waals surface area contributed by atoms with Crippen LogP contribution in [0.5, 0.6) is 0 Å².